The number of nitrogens with zero attached hydrogens (tertiary/aromatic N) is 1. The molecular weight excluding hydrogens is 386 g/mol. The molecule has 29 heavy (non-hydrogen) atoms. The van der Waals surface area contributed by atoms with E-state index in [2.05, 4.69) is 14.9 Å². The van der Waals surface area contributed by atoms with Crippen molar-refractivity contribution in [1.82, 2.24) is 10.0 Å². The van der Waals surface area contributed by atoms with E-state index >= 15 is 0 Å². The van der Waals surface area contributed by atoms with Crippen LogP contribution in [0.25, 0.3) is 0 Å². The van der Waals surface area contributed by atoms with Crippen molar-refractivity contribution in [2.24, 2.45) is 0 Å². The molecule has 0 spiro atoms. The van der Waals surface area contributed by atoms with Gasteiger partial charge in [-0.15, -0.1) is 0 Å². The highest BCUT2D eigenvalue weighted by Gasteiger charge is 2.25. The van der Waals surface area contributed by atoms with Crippen LogP contribution in [0.5, 0.6) is 0 Å². The fourth-order valence-corrected chi connectivity index (χ4v) is 4.89. The summed E-state index contributed by atoms with van der Waals surface area (Å²) in [4.78, 5) is 15.1. The lowest BCUT2D eigenvalue weighted by Gasteiger charge is -2.22. The normalized spacial score (nSPS) is 15.3. The molecule has 2 aromatic rings. The van der Waals surface area contributed by atoms with Crippen molar-refractivity contribution < 1.29 is 13.2 Å². The fourth-order valence-electron chi connectivity index (χ4n) is 3.51. The number of hydrogen-bond donors (Lipinski definition) is 2. The predicted molar refractivity (Wildman–Crippen MR) is 116 cm³/mol. The number of sulfonamides is 1. The highest BCUT2D eigenvalue weighted by atomic mass is 32.2. The quantitative estimate of drug-likeness (QED) is 0.692. The maximum absolute atomic E-state index is 12.9. The van der Waals surface area contributed by atoms with Crippen molar-refractivity contribution >= 4 is 21.6 Å². The minimum Gasteiger partial charge on any atom is -0.370 e. The summed E-state index contributed by atoms with van der Waals surface area (Å²) in [6.07, 6.45) is 2.78. The first kappa shape index (κ1) is 21.3. The van der Waals surface area contributed by atoms with Crippen LogP contribution >= 0.6 is 0 Å². The Morgan fingerprint density at radius 3 is 2.45 bits per heavy atom. The molecule has 2 N–H and O–H groups in total. The van der Waals surface area contributed by atoms with E-state index in [4.69, 9.17) is 0 Å². The van der Waals surface area contributed by atoms with E-state index in [1.807, 2.05) is 44.2 Å². The predicted octanol–water partition coefficient (Wildman–Crippen LogP) is 3.47. The van der Waals surface area contributed by atoms with Gasteiger partial charge in [0.15, 0.2) is 0 Å². The highest BCUT2D eigenvalue weighted by molar-refractivity contribution is 7.89. The van der Waals surface area contributed by atoms with Gasteiger partial charge in [0.25, 0.3) is 5.91 Å². The zero-order chi connectivity index (χ0) is 20.9. The lowest BCUT2D eigenvalue weighted by molar-refractivity contribution is 0.0939. The molecule has 1 amide bonds. The molecule has 6 nitrogen and oxygen atoms in total. The van der Waals surface area contributed by atoms with Crippen molar-refractivity contribution in [2.45, 2.75) is 44.0 Å². The molecule has 1 atom stereocenters. The van der Waals surface area contributed by atoms with E-state index in [1.165, 1.54) is 6.07 Å². The van der Waals surface area contributed by atoms with Crippen LogP contribution in [0.1, 0.15) is 55.1 Å². The number of rotatable bonds is 8. The van der Waals surface area contributed by atoms with Gasteiger partial charge in [-0.25, -0.2) is 13.1 Å². The Hall–Kier alpha value is -2.38. The van der Waals surface area contributed by atoms with Crippen LogP contribution in [0.3, 0.4) is 0 Å². The van der Waals surface area contributed by atoms with Crippen molar-refractivity contribution in [2.75, 3.05) is 24.5 Å². The standard InChI is InChI=1S/C22H29N3O3S/c1-3-13-23-29(27,28)21-16-19(11-12-20(21)25-14-7-8-15-25)22(26)24-17(2)18-9-5-4-6-10-18/h4-6,9-12,16-17,23H,3,7-8,13-15H2,1-2H3,(H,24,26)/t17-/m1/s1. The van der Waals surface area contributed by atoms with E-state index in [-0.39, 0.29) is 16.8 Å². The number of benzene rings is 2. The molecular formula is C22H29N3O3S. The Bertz CT molecular complexity index is 939. The lowest BCUT2D eigenvalue weighted by Crippen LogP contribution is -2.30. The molecule has 0 unspecified atom stereocenters. The molecule has 3 rings (SSSR count). The van der Waals surface area contributed by atoms with Gasteiger partial charge in [-0.1, -0.05) is 37.3 Å². The Morgan fingerprint density at radius 2 is 1.79 bits per heavy atom. The van der Waals surface area contributed by atoms with Gasteiger partial charge in [0.1, 0.15) is 4.90 Å². The smallest absolute Gasteiger partial charge is 0.251 e. The zero-order valence-corrected chi connectivity index (χ0v) is 17.8. The summed E-state index contributed by atoms with van der Waals surface area (Å²) in [5.41, 5.74) is 2.00. The molecule has 0 bridgehead atoms. The fraction of sp³-hybridized carbons (Fsp3) is 0.409. The molecule has 1 aliphatic heterocycles. The van der Waals surface area contributed by atoms with Gasteiger partial charge in [0.2, 0.25) is 10.0 Å². The summed E-state index contributed by atoms with van der Waals surface area (Å²) in [6.45, 7) is 5.84. The molecule has 0 saturated carbocycles. The van der Waals surface area contributed by atoms with Crippen LogP contribution in [0.2, 0.25) is 0 Å². The molecule has 2 aromatic carbocycles. The van der Waals surface area contributed by atoms with Gasteiger partial charge in [-0.05, 0) is 49.9 Å². The monoisotopic (exact) mass is 415 g/mol. The first-order valence-corrected chi connectivity index (χ1v) is 11.6. The third-order valence-electron chi connectivity index (χ3n) is 5.15. The second-order valence-corrected chi connectivity index (χ2v) is 9.12. The van der Waals surface area contributed by atoms with Crippen molar-refractivity contribution in [3.05, 3.63) is 59.7 Å². The minimum atomic E-state index is -3.70. The van der Waals surface area contributed by atoms with Gasteiger partial charge < -0.3 is 10.2 Å². The third kappa shape index (κ3) is 5.16. The van der Waals surface area contributed by atoms with Crippen LogP contribution in [-0.2, 0) is 10.0 Å². The Morgan fingerprint density at radius 1 is 1.10 bits per heavy atom. The number of anilines is 1. The Balaban J connectivity index is 1.89. The van der Waals surface area contributed by atoms with Crippen LogP contribution in [0, 0.1) is 0 Å². The molecule has 0 radical (unpaired) electrons. The van der Waals surface area contributed by atoms with E-state index < -0.39 is 10.0 Å². The Kier molecular flexibility index (Phi) is 6.92. The number of nitrogens with one attached hydrogen (secondary N) is 2. The van der Waals surface area contributed by atoms with E-state index in [0.717, 1.165) is 31.5 Å². The summed E-state index contributed by atoms with van der Waals surface area (Å²) in [7, 11) is -3.70. The summed E-state index contributed by atoms with van der Waals surface area (Å²) >= 11 is 0. The minimum absolute atomic E-state index is 0.174. The van der Waals surface area contributed by atoms with Crippen LogP contribution < -0.4 is 14.9 Å². The molecule has 1 fully saturated rings. The van der Waals surface area contributed by atoms with Crippen molar-refractivity contribution in [1.29, 1.82) is 0 Å². The van der Waals surface area contributed by atoms with Gasteiger partial charge in [-0.3, -0.25) is 4.79 Å². The summed E-state index contributed by atoms with van der Waals surface area (Å²) in [6, 6.07) is 14.5. The molecule has 0 aromatic heterocycles. The highest BCUT2D eigenvalue weighted by Crippen LogP contribution is 2.29. The van der Waals surface area contributed by atoms with E-state index in [9.17, 15) is 13.2 Å². The number of carbonyl (C=O) groups excluding carboxylic acids is 1. The van der Waals surface area contributed by atoms with Crippen molar-refractivity contribution in [3.8, 4) is 0 Å². The van der Waals surface area contributed by atoms with Crippen LogP contribution in [-0.4, -0.2) is 34.0 Å². The number of hydrogen-bond acceptors (Lipinski definition) is 4. The number of amides is 1. The summed E-state index contributed by atoms with van der Waals surface area (Å²) in [5.74, 6) is -0.290. The van der Waals surface area contributed by atoms with Crippen LogP contribution in [0.4, 0.5) is 5.69 Å². The second-order valence-electron chi connectivity index (χ2n) is 7.38. The lowest BCUT2D eigenvalue weighted by atomic mass is 10.1. The average Bonchev–Trinajstić information content (AvgIpc) is 3.27. The third-order valence-corrected chi connectivity index (χ3v) is 6.64. The van der Waals surface area contributed by atoms with Gasteiger partial charge in [0, 0.05) is 25.2 Å². The molecule has 7 heteroatoms. The largest absolute Gasteiger partial charge is 0.370 e. The summed E-state index contributed by atoms with van der Waals surface area (Å²) < 4.78 is 28.5. The van der Waals surface area contributed by atoms with Gasteiger partial charge in [0.05, 0.1) is 11.7 Å². The van der Waals surface area contributed by atoms with E-state index in [1.54, 1.807) is 12.1 Å². The van der Waals surface area contributed by atoms with Gasteiger partial charge in [-0.2, -0.15) is 0 Å². The molecule has 1 saturated heterocycles. The first-order valence-electron chi connectivity index (χ1n) is 10.2. The van der Waals surface area contributed by atoms with E-state index in [0.29, 0.717) is 24.2 Å². The maximum Gasteiger partial charge on any atom is 0.251 e. The zero-order valence-electron chi connectivity index (χ0n) is 17.0. The molecule has 1 aliphatic rings. The molecule has 156 valence electrons. The molecule has 1 heterocycles. The topological polar surface area (TPSA) is 78.5 Å². The molecule has 0 aliphatic carbocycles. The van der Waals surface area contributed by atoms with Gasteiger partial charge >= 0.3 is 0 Å². The first-order chi connectivity index (χ1) is 13.9. The average molecular weight is 416 g/mol. The van der Waals surface area contributed by atoms with Crippen molar-refractivity contribution in [3.63, 3.8) is 0 Å². The summed E-state index contributed by atoms with van der Waals surface area (Å²) in [5, 5.41) is 2.96. The Labute approximate surface area is 173 Å². The SMILES string of the molecule is CCCNS(=O)(=O)c1cc(C(=O)N[C@H](C)c2ccccc2)ccc1N1CCCC1. The van der Waals surface area contributed by atoms with Crippen LogP contribution in [0.15, 0.2) is 53.4 Å². The number of carbonyl (C=O) groups is 1. The second kappa shape index (κ2) is 9.41. The maximum atomic E-state index is 12.9.